The Morgan fingerprint density at radius 2 is 1.95 bits per heavy atom. The van der Waals surface area contributed by atoms with E-state index in [1.807, 2.05) is 31.1 Å². The van der Waals surface area contributed by atoms with Crippen molar-refractivity contribution in [3.8, 4) is 0 Å². The zero-order chi connectivity index (χ0) is 14.5. The van der Waals surface area contributed by atoms with Crippen molar-refractivity contribution in [2.45, 2.75) is 13.1 Å². The fourth-order valence-corrected chi connectivity index (χ4v) is 2.20. The van der Waals surface area contributed by atoms with Crippen molar-refractivity contribution in [3.63, 3.8) is 0 Å². The van der Waals surface area contributed by atoms with Gasteiger partial charge >= 0.3 is 0 Å². The second-order valence-electron chi connectivity index (χ2n) is 4.72. The van der Waals surface area contributed by atoms with Crippen LogP contribution in [-0.2, 0) is 13.1 Å². The summed E-state index contributed by atoms with van der Waals surface area (Å²) >= 11 is 5.99. The van der Waals surface area contributed by atoms with E-state index >= 15 is 0 Å². The van der Waals surface area contributed by atoms with Gasteiger partial charge in [-0.1, -0.05) is 23.7 Å². The number of pyridine rings is 1. The third-order valence-corrected chi connectivity index (χ3v) is 3.29. The second-order valence-corrected chi connectivity index (χ2v) is 5.13. The average Bonchev–Trinajstić information content (AvgIpc) is 2.41. The van der Waals surface area contributed by atoms with Crippen LogP contribution >= 0.6 is 11.6 Å². The smallest absolute Gasteiger partial charge is 0.132 e. The number of anilines is 1. The Kier molecular flexibility index (Phi) is 4.93. The summed E-state index contributed by atoms with van der Waals surface area (Å²) < 4.78 is 13.0. The molecule has 3 nitrogen and oxygen atoms in total. The monoisotopic (exact) mass is 293 g/mol. The summed E-state index contributed by atoms with van der Waals surface area (Å²) in [6.07, 6.45) is 1.77. The minimum atomic E-state index is -0.319. The summed E-state index contributed by atoms with van der Waals surface area (Å²) in [5.41, 5.74) is 1.99. The van der Waals surface area contributed by atoms with E-state index in [0.717, 1.165) is 16.9 Å². The number of nitrogens with zero attached hydrogens (tertiary/aromatic N) is 2. The number of aromatic nitrogens is 1. The molecule has 1 aromatic carbocycles. The van der Waals surface area contributed by atoms with Crippen molar-refractivity contribution in [3.05, 3.63) is 58.5 Å². The van der Waals surface area contributed by atoms with Gasteiger partial charge in [-0.15, -0.1) is 0 Å². The molecule has 0 radical (unpaired) electrons. The molecule has 0 unspecified atom stereocenters. The third-order valence-electron chi connectivity index (χ3n) is 2.94. The number of nitrogens with one attached hydrogen (secondary N) is 1. The molecule has 2 aromatic rings. The number of hydrogen-bond acceptors (Lipinski definition) is 3. The van der Waals surface area contributed by atoms with Crippen molar-refractivity contribution in [1.82, 2.24) is 10.3 Å². The highest BCUT2D eigenvalue weighted by molar-refractivity contribution is 6.31. The largest absolute Gasteiger partial charge is 0.362 e. The summed E-state index contributed by atoms with van der Waals surface area (Å²) in [7, 11) is 3.92. The van der Waals surface area contributed by atoms with E-state index in [9.17, 15) is 4.39 Å². The van der Waals surface area contributed by atoms with Gasteiger partial charge in [-0.3, -0.25) is 0 Å². The summed E-state index contributed by atoms with van der Waals surface area (Å²) in [6.45, 7) is 1.26. The van der Waals surface area contributed by atoms with Crippen LogP contribution in [-0.4, -0.2) is 19.1 Å². The van der Waals surface area contributed by atoms with Gasteiger partial charge in [-0.2, -0.15) is 0 Å². The summed E-state index contributed by atoms with van der Waals surface area (Å²) in [4.78, 5) is 6.32. The molecule has 106 valence electrons. The van der Waals surface area contributed by atoms with E-state index in [-0.39, 0.29) is 5.82 Å². The Morgan fingerprint density at radius 1 is 1.20 bits per heavy atom. The lowest BCUT2D eigenvalue weighted by molar-refractivity contribution is 0.625. The molecule has 0 spiro atoms. The standard InChI is InChI=1S/C15H17ClFN3/c1-20(2)15-12(4-3-7-19-15)10-18-9-11-5-6-13(17)8-14(11)16/h3-8,18H,9-10H2,1-2H3. The van der Waals surface area contributed by atoms with Crippen molar-refractivity contribution < 1.29 is 4.39 Å². The van der Waals surface area contributed by atoms with Gasteiger partial charge in [0.15, 0.2) is 0 Å². The SMILES string of the molecule is CN(C)c1ncccc1CNCc1ccc(F)cc1Cl. The Labute approximate surface area is 123 Å². The van der Waals surface area contributed by atoms with Crippen LogP contribution in [0.5, 0.6) is 0 Å². The molecule has 0 saturated carbocycles. The van der Waals surface area contributed by atoms with Gasteiger partial charge in [0.25, 0.3) is 0 Å². The maximum absolute atomic E-state index is 13.0. The predicted molar refractivity (Wildman–Crippen MR) is 80.5 cm³/mol. The lowest BCUT2D eigenvalue weighted by Crippen LogP contribution is -2.18. The molecule has 0 bridgehead atoms. The van der Waals surface area contributed by atoms with Gasteiger partial charge in [-0.05, 0) is 23.8 Å². The first-order valence-electron chi connectivity index (χ1n) is 6.34. The van der Waals surface area contributed by atoms with Gasteiger partial charge in [0.2, 0.25) is 0 Å². The predicted octanol–water partition coefficient (Wildman–Crippen LogP) is 3.23. The van der Waals surface area contributed by atoms with Crippen molar-refractivity contribution >= 4 is 17.4 Å². The van der Waals surface area contributed by atoms with Gasteiger partial charge in [0.1, 0.15) is 11.6 Å². The van der Waals surface area contributed by atoms with E-state index in [1.165, 1.54) is 12.1 Å². The Bertz CT molecular complexity index is 587. The Morgan fingerprint density at radius 3 is 2.65 bits per heavy atom. The van der Waals surface area contributed by atoms with Crippen molar-refractivity contribution in [2.24, 2.45) is 0 Å². The van der Waals surface area contributed by atoms with E-state index in [0.29, 0.717) is 18.1 Å². The first-order valence-corrected chi connectivity index (χ1v) is 6.71. The molecule has 1 N–H and O–H groups in total. The quantitative estimate of drug-likeness (QED) is 0.917. The molecular formula is C15H17ClFN3. The molecule has 0 aliphatic heterocycles. The van der Waals surface area contributed by atoms with E-state index in [2.05, 4.69) is 10.3 Å². The van der Waals surface area contributed by atoms with Gasteiger partial charge in [0.05, 0.1) is 0 Å². The zero-order valence-electron chi connectivity index (χ0n) is 11.5. The second kappa shape index (κ2) is 6.68. The Hall–Kier alpha value is -1.65. The summed E-state index contributed by atoms with van der Waals surface area (Å²) in [5, 5.41) is 3.74. The summed E-state index contributed by atoms with van der Waals surface area (Å²) in [5.74, 6) is 0.617. The maximum Gasteiger partial charge on any atom is 0.132 e. The Balaban J connectivity index is 1.99. The fraction of sp³-hybridized carbons (Fsp3) is 0.267. The molecule has 1 heterocycles. The van der Waals surface area contributed by atoms with Gasteiger partial charge in [0, 0.05) is 44.0 Å². The zero-order valence-corrected chi connectivity index (χ0v) is 12.3. The highest BCUT2D eigenvalue weighted by atomic mass is 35.5. The van der Waals surface area contributed by atoms with Gasteiger partial charge < -0.3 is 10.2 Å². The topological polar surface area (TPSA) is 28.2 Å². The van der Waals surface area contributed by atoms with Crippen molar-refractivity contribution in [1.29, 1.82) is 0 Å². The van der Waals surface area contributed by atoms with Gasteiger partial charge in [-0.25, -0.2) is 9.37 Å². The molecule has 0 aliphatic carbocycles. The van der Waals surface area contributed by atoms with Crippen LogP contribution in [0.15, 0.2) is 36.5 Å². The van der Waals surface area contributed by atoms with Crippen LogP contribution in [0.25, 0.3) is 0 Å². The van der Waals surface area contributed by atoms with Crippen LogP contribution in [0.4, 0.5) is 10.2 Å². The molecule has 0 aliphatic rings. The molecule has 1 aromatic heterocycles. The number of rotatable bonds is 5. The van der Waals surface area contributed by atoms with Crippen molar-refractivity contribution in [2.75, 3.05) is 19.0 Å². The van der Waals surface area contributed by atoms with Crippen LogP contribution < -0.4 is 10.2 Å². The van der Waals surface area contributed by atoms with Crippen LogP contribution in [0.1, 0.15) is 11.1 Å². The molecule has 0 amide bonds. The maximum atomic E-state index is 13.0. The third kappa shape index (κ3) is 3.68. The minimum Gasteiger partial charge on any atom is -0.362 e. The van der Waals surface area contributed by atoms with Crippen LogP contribution in [0, 0.1) is 5.82 Å². The molecule has 0 fully saturated rings. The van der Waals surface area contributed by atoms with E-state index in [1.54, 1.807) is 12.3 Å². The van der Waals surface area contributed by atoms with Crippen LogP contribution in [0.2, 0.25) is 5.02 Å². The number of hydrogen-bond donors (Lipinski definition) is 1. The lowest BCUT2D eigenvalue weighted by atomic mass is 10.2. The fourth-order valence-electron chi connectivity index (χ4n) is 1.97. The average molecular weight is 294 g/mol. The van der Waals surface area contributed by atoms with E-state index in [4.69, 9.17) is 11.6 Å². The van der Waals surface area contributed by atoms with E-state index < -0.39 is 0 Å². The lowest BCUT2D eigenvalue weighted by Gasteiger charge is -2.16. The first kappa shape index (κ1) is 14.8. The normalized spacial score (nSPS) is 10.6. The highest BCUT2D eigenvalue weighted by Crippen LogP contribution is 2.18. The molecule has 0 atom stereocenters. The van der Waals surface area contributed by atoms with Crippen LogP contribution in [0.3, 0.4) is 0 Å². The number of halogens is 2. The molecule has 0 saturated heterocycles. The number of benzene rings is 1. The summed E-state index contributed by atoms with van der Waals surface area (Å²) in [6, 6.07) is 8.38. The molecule has 5 heteroatoms. The molecule has 20 heavy (non-hydrogen) atoms. The molecule has 2 rings (SSSR count). The minimum absolute atomic E-state index is 0.319. The highest BCUT2D eigenvalue weighted by Gasteiger charge is 2.06. The first-order chi connectivity index (χ1) is 9.58. The molecular weight excluding hydrogens is 277 g/mol.